The summed E-state index contributed by atoms with van der Waals surface area (Å²) < 4.78 is 13.4. The quantitative estimate of drug-likeness (QED) is 0.631. The van der Waals surface area contributed by atoms with Crippen molar-refractivity contribution >= 4 is 29.5 Å². The molecule has 1 aromatic carbocycles. The van der Waals surface area contributed by atoms with Gasteiger partial charge >= 0.3 is 6.09 Å². The number of halogens is 2. The Bertz CT molecular complexity index is 835. The van der Waals surface area contributed by atoms with E-state index in [1.807, 2.05) is 0 Å². The number of carbonyl (C=O) groups excluding carboxylic acids is 2. The second kappa shape index (κ2) is 6.59. The summed E-state index contributed by atoms with van der Waals surface area (Å²) in [6.45, 7) is 0.881. The lowest BCUT2D eigenvalue weighted by Crippen LogP contribution is -2.53. The number of aliphatic hydroxyl groups is 1. The summed E-state index contributed by atoms with van der Waals surface area (Å²) in [5.74, 6) is -1.93. The number of nitrogens with zero attached hydrogens (tertiary/aromatic N) is 2. The van der Waals surface area contributed by atoms with Gasteiger partial charge in [-0.05, 0) is 23.8 Å². The van der Waals surface area contributed by atoms with Crippen molar-refractivity contribution in [1.29, 1.82) is 0 Å². The number of benzene rings is 1. The zero-order chi connectivity index (χ0) is 20.2. The summed E-state index contributed by atoms with van der Waals surface area (Å²) in [7, 11) is 0. The maximum atomic E-state index is 13.4. The Balaban J connectivity index is 1.37. The second-order valence-corrected chi connectivity index (χ2v) is 8.01. The number of fused-ring (bicyclic) bond motifs is 1. The molecular weight excluding hydrogens is 393 g/mol. The molecule has 10 heteroatoms. The molecule has 2 saturated heterocycles. The van der Waals surface area contributed by atoms with Gasteiger partial charge in [0.15, 0.2) is 0 Å². The monoisotopic (exact) mass is 411 g/mol. The minimum absolute atomic E-state index is 0.0415. The third kappa shape index (κ3) is 3.08. The van der Waals surface area contributed by atoms with Crippen LogP contribution in [0.25, 0.3) is 0 Å². The average Bonchev–Trinajstić information content (AvgIpc) is 2.97. The molecule has 0 bridgehead atoms. The molecule has 1 aliphatic carbocycles. The lowest BCUT2D eigenvalue weighted by atomic mass is 10.0. The fraction of sp³-hybridized carbons (Fsp3) is 0.500. The highest BCUT2D eigenvalue weighted by atomic mass is 35.5. The SMILES string of the molecule is O=C(O)N1C[C@@H]2[C@H](C1)[C@@H]2N1CCC(O)(C(=O)NCc2cc(F)cc(Cl)c2)C1=O. The summed E-state index contributed by atoms with van der Waals surface area (Å²) in [5, 5.41) is 22.3. The highest BCUT2D eigenvalue weighted by Crippen LogP contribution is 2.50. The lowest BCUT2D eigenvalue weighted by Gasteiger charge is -2.24. The maximum absolute atomic E-state index is 13.4. The summed E-state index contributed by atoms with van der Waals surface area (Å²) in [5.41, 5.74) is -1.75. The van der Waals surface area contributed by atoms with Crippen LogP contribution in [0.3, 0.4) is 0 Å². The number of piperidine rings is 1. The van der Waals surface area contributed by atoms with E-state index in [0.717, 1.165) is 6.07 Å². The molecule has 8 nitrogen and oxygen atoms in total. The van der Waals surface area contributed by atoms with Crippen molar-refractivity contribution in [2.24, 2.45) is 11.8 Å². The molecule has 3 N–H and O–H groups in total. The van der Waals surface area contributed by atoms with Gasteiger partial charge in [0, 0.05) is 55.5 Å². The van der Waals surface area contributed by atoms with Crippen molar-refractivity contribution in [2.45, 2.75) is 24.6 Å². The van der Waals surface area contributed by atoms with Crippen LogP contribution < -0.4 is 5.32 Å². The molecule has 2 heterocycles. The Morgan fingerprint density at radius 2 is 1.96 bits per heavy atom. The first-order chi connectivity index (χ1) is 13.2. The summed E-state index contributed by atoms with van der Waals surface area (Å²) in [4.78, 5) is 39.0. The van der Waals surface area contributed by atoms with Gasteiger partial charge in [-0.2, -0.15) is 0 Å². The number of carbonyl (C=O) groups is 3. The van der Waals surface area contributed by atoms with Crippen molar-refractivity contribution in [1.82, 2.24) is 15.1 Å². The Labute approximate surface area is 164 Å². The molecule has 2 aliphatic heterocycles. The maximum Gasteiger partial charge on any atom is 0.407 e. The first kappa shape index (κ1) is 18.9. The lowest BCUT2D eigenvalue weighted by molar-refractivity contribution is -0.154. The number of carboxylic acid groups (broad SMARTS) is 1. The van der Waals surface area contributed by atoms with Crippen molar-refractivity contribution in [3.63, 3.8) is 0 Å². The van der Waals surface area contributed by atoms with Crippen LogP contribution in [0.1, 0.15) is 12.0 Å². The van der Waals surface area contributed by atoms with Crippen LogP contribution in [0.2, 0.25) is 5.02 Å². The Hall–Kier alpha value is -2.39. The molecule has 3 aliphatic rings. The average molecular weight is 412 g/mol. The molecule has 0 radical (unpaired) electrons. The van der Waals surface area contributed by atoms with Crippen molar-refractivity contribution < 1.29 is 29.0 Å². The molecule has 3 amide bonds. The highest BCUT2D eigenvalue weighted by molar-refractivity contribution is 6.30. The largest absolute Gasteiger partial charge is 0.465 e. The van der Waals surface area contributed by atoms with E-state index < -0.39 is 29.3 Å². The van der Waals surface area contributed by atoms with Crippen molar-refractivity contribution in [3.8, 4) is 0 Å². The third-order valence-electron chi connectivity index (χ3n) is 5.86. The molecule has 3 fully saturated rings. The zero-order valence-electron chi connectivity index (χ0n) is 14.8. The van der Waals surface area contributed by atoms with E-state index in [2.05, 4.69) is 5.32 Å². The Kier molecular flexibility index (Phi) is 4.46. The molecule has 4 atom stereocenters. The van der Waals surface area contributed by atoms with Crippen LogP contribution in [0.15, 0.2) is 18.2 Å². The van der Waals surface area contributed by atoms with E-state index >= 15 is 0 Å². The van der Waals surface area contributed by atoms with Crippen molar-refractivity contribution in [2.75, 3.05) is 19.6 Å². The number of nitrogens with one attached hydrogen (secondary N) is 1. The van der Waals surface area contributed by atoms with Crippen LogP contribution in [-0.4, -0.2) is 69.2 Å². The molecule has 1 unspecified atom stereocenters. The van der Waals surface area contributed by atoms with E-state index in [1.165, 1.54) is 21.9 Å². The molecular formula is C18H19ClFN3O5. The molecule has 4 rings (SSSR count). The van der Waals surface area contributed by atoms with Gasteiger partial charge in [-0.25, -0.2) is 9.18 Å². The van der Waals surface area contributed by atoms with Gasteiger partial charge in [-0.1, -0.05) is 11.6 Å². The second-order valence-electron chi connectivity index (χ2n) is 7.58. The van der Waals surface area contributed by atoms with Gasteiger partial charge in [0.05, 0.1) is 0 Å². The van der Waals surface area contributed by atoms with Gasteiger partial charge in [0.2, 0.25) is 5.60 Å². The van der Waals surface area contributed by atoms with Gasteiger partial charge in [-0.3, -0.25) is 9.59 Å². The van der Waals surface area contributed by atoms with Crippen LogP contribution in [0.4, 0.5) is 9.18 Å². The molecule has 1 aromatic rings. The fourth-order valence-electron chi connectivity index (χ4n) is 4.38. The minimum atomic E-state index is -2.17. The summed E-state index contributed by atoms with van der Waals surface area (Å²) in [6, 6.07) is 3.69. The fourth-order valence-corrected chi connectivity index (χ4v) is 4.62. The number of likely N-dealkylation sites (tertiary alicyclic amines) is 2. The van der Waals surface area contributed by atoms with Crippen molar-refractivity contribution in [3.05, 3.63) is 34.6 Å². The third-order valence-corrected chi connectivity index (χ3v) is 6.08. The Morgan fingerprint density at radius 3 is 2.57 bits per heavy atom. The van der Waals surface area contributed by atoms with Crippen LogP contribution in [0, 0.1) is 17.7 Å². The van der Waals surface area contributed by atoms with E-state index in [-0.39, 0.29) is 42.4 Å². The topological polar surface area (TPSA) is 110 Å². The van der Waals surface area contributed by atoms with Gasteiger partial charge in [0.1, 0.15) is 5.82 Å². The highest BCUT2D eigenvalue weighted by Gasteiger charge is 2.64. The molecule has 28 heavy (non-hydrogen) atoms. The summed E-state index contributed by atoms with van der Waals surface area (Å²) >= 11 is 5.78. The normalized spacial score (nSPS) is 31.1. The first-order valence-electron chi connectivity index (χ1n) is 8.95. The van der Waals surface area contributed by atoms with Crippen LogP contribution in [0.5, 0.6) is 0 Å². The van der Waals surface area contributed by atoms with Gasteiger partial charge in [0.25, 0.3) is 11.8 Å². The smallest absolute Gasteiger partial charge is 0.407 e. The van der Waals surface area contributed by atoms with Gasteiger partial charge in [-0.15, -0.1) is 0 Å². The number of rotatable bonds is 4. The molecule has 1 saturated carbocycles. The van der Waals surface area contributed by atoms with E-state index in [4.69, 9.17) is 16.7 Å². The zero-order valence-corrected chi connectivity index (χ0v) is 15.5. The number of amides is 3. The predicted molar refractivity (Wildman–Crippen MR) is 94.9 cm³/mol. The van der Waals surface area contributed by atoms with Gasteiger partial charge < -0.3 is 25.3 Å². The first-order valence-corrected chi connectivity index (χ1v) is 9.33. The molecule has 150 valence electrons. The number of hydrogen-bond donors (Lipinski definition) is 3. The Morgan fingerprint density at radius 1 is 1.29 bits per heavy atom. The molecule has 0 aromatic heterocycles. The van der Waals surface area contributed by atoms with Crippen LogP contribution >= 0.6 is 11.6 Å². The van der Waals surface area contributed by atoms with E-state index in [1.54, 1.807) is 0 Å². The number of hydrogen-bond acceptors (Lipinski definition) is 4. The van der Waals surface area contributed by atoms with Crippen LogP contribution in [-0.2, 0) is 16.1 Å². The van der Waals surface area contributed by atoms with E-state index in [0.29, 0.717) is 18.7 Å². The predicted octanol–water partition coefficient (Wildman–Crippen LogP) is 0.667. The summed E-state index contributed by atoms with van der Waals surface area (Å²) in [6.07, 6.45) is -1.02. The minimum Gasteiger partial charge on any atom is -0.465 e. The van der Waals surface area contributed by atoms with E-state index in [9.17, 15) is 23.9 Å². The standard InChI is InChI=1S/C18H19ClFN3O5/c19-10-3-9(4-11(20)5-10)6-21-15(24)18(28)1-2-23(16(18)25)14-12-7-22(17(26)27)8-13(12)14/h3-5,12-14,28H,1-2,6-8H2,(H,21,24)(H,26,27)/t12-,13+,14-,18?. The molecule has 0 spiro atoms.